The van der Waals surface area contributed by atoms with Gasteiger partial charge in [-0.25, -0.2) is 17.6 Å². The van der Waals surface area contributed by atoms with Crippen LogP contribution in [0.4, 0.5) is 35.1 Å². The highest BCUT2D eigenvalue weighted by Crippen LogP contribution is 2.43. The minimum absolute atomic E-state index is 0.145. The van der Waals surface area contributed by atoms with Gasteiger partial charge in [-0.05, 0) is 53.7 Å². The maximum Gasteiger partial charge on any atom is 0.252 e. The molecule has 2 nitrogen and oxygen atoms in total. The molecule has 1 aliphatic rings. The lowest BCUT2D eigenvalue weighted by molar-refractivity contribution is 0.397. The summed E-state index contributed by atoms with van der Waals surface area (Å²) in [5.41, 5.74) is -0.456. The third kappa shape index (κ3) is 3.34. The van der Waals surface area contributed by atoms with Crippen molar-refractivity contribution in [3.8, 4) is 0 Å². The standard InChI is InChI=1S/C22H12F8N2/c1-7-3-9-5-12(14-17(25)21(29)32-22(30)18(14)26)11(10(9)4-8(7)2)6-13-15(23)19(27)31-20(28)16(13)24/h3-4H,5-6H2,1-2H3. The second-order valence-electron chi connectivity index (χ2n) is 7.40. The number of fused-ring (bicyclic) bond motifs is 1. The van der Waals surface area contributed by atoms with Crippen LogP contribution in [0.1, 0.15) is 33.4 Å². The van der Waals surface area contributed by atoms with Gasteiger partial charge in [0.2, 0.25) is 0 Å². The SMILES string of the molecule is Cc1cc2c(cc1C)C(Cc1c(F)c(F)nc(F)c1F)=C(c1c(F)c(F)nc(F)c1F)C2. The Hall–Kier alpha value is -3.30. The van der Waals surface area contributed by atoms with Gasteiger partial charge in [0, 0.05) is 12.0 Å². The number of aromatic nitrogens is 2. The number of hydrogen-bond donors (Lipinski definition) is 0. The van der Waals surface area contributed by atoms with Crippen LogP contribution < -0.4 is 0 Å². The molecule has 0 N–H and O–H groups in total. The average Bonchev–Trinajstić information content (AvgIpc) is 3.05. The van der Waals surface area contributed by atoms with E-state index >= 15 is 0 Å². The molecule has 4 rings (SSSR count). The molecule has 166 valence electrons. The van der Waals surface area contributed by atoms with Crippen molar-refractivity contribution < 1.29 is 35.1 Å². The Kier molecular flexibility index (Phi) is 5.26. The van der Waals surface area contributed by atoms with Crippen LogP contribution >= 0.6 is 0 Å². The Balaban J connectivity index is 2.03. The van der Waals surface area contributed by atoms with Crippen LogP contribution in [0, 0.1) is 60.9 Å². The van der Waals surface area contributed by atoms with Gasteiger partial charge < -0.3 is 0 Å². The summed E-state index contributed by atoms with van der Waals surface area (Å²) in [5.74, 6) is -14.8. The zero-order valence-electron chi connectivity index (χ0n) is 16.5. The molecule has 32 heavy (non-hydrogen) atoms. The number of nitrogens with zero attached hydrogens (tertiary/aromatic N) is 2. The van der Waals surface area contributed by atoms with Crippen LogP contribution in [-0.2, 0) is 12.8 Å². The van der Waals surface area contributed by atoms with E-state index in [1.54, 1.807) is 26.0 Å². The van der Waals surface area contributed by atoms with Crippen LogP contribution in [0.15, 0.2) is 12.1 Å². The Morgan fingerprint density at radius 2 is 1.16 bits per heavy atom. The molecule has 10 heteroatoms. The number of hydrogen-bond acceptors (Lipinski definition) is 2. The molecule has 3 aromatic rings. The fraction of sp³-hybridized carbons (Fsp3) is 0.182. The summed E-state index contributed by atoms with van der Waals surface area (Å²) in [7, 11) is 0. The summed E-state index contributed by atoms with van der Waals surface area (Å²) in [5, 5.41) is 0. The van der Waals surface area contributed by atoms with Gasteiger partial charge in [-0.15, -0.1) is 0 Å². The molecule has 0 saturated carbocycles. The molecule has 1 aliphatic carbocycles. The normalized spacial score (nSPS) is 13.2. The first-order chi connectivity index (χ1) is 15.0. The number of halogens is 8. The fourth-order valence-corrected chi connectivity index (χ4v) is 3.82. The van der Waals surface area contributed by atoms with E-state index in [9.17, 15) is 35.1 Å². The van der Waals surface area contributed by atoms with E-state index < -0.39 is 64.6 Å². The minimum Gasteiger partial charge on any atom is -0.202 e. The predicted octanol–water partition coefficient (Wildman–Crippen LogP) is 5.92. The van der Waals surface area contributed by atoms with E-state index in [1.165, 1.54) is 0 Å². The first-order valence-electron chi connectivity index (χ1n) is 9.23. The van der Waals surface area contributed by atoms with Crippen LogP contribution in [0.2, 0.25) is 0 Å². The van der Waals surface area contributed by atoms with Crippen molar-refractivity contribution in [2.45, 2.75) is 26.7 Å². The molecule has 0 fully saturated rings. The largest absolute Gasteiger partial charge is 0.252 e. The van der Waals surface area contributed by atoms with E-state index in [2.05, 4.69) is 9.97 Å². The Morgan fingerprint density at radius 1 is 0.688 bits per heavy atom. The lowest BCUT2D eigenvalue weighted by atomic mass is 9.93. The van der Waals surface area contributed by atoms with Gasteiger partial charge in [0.25, 0.3) is 23.8 Å². The highest BCUT2D eigenvalue weighted by atomic mass is 19.2. The molecule has 0 aliphatic heterocycles. The van der Waals surface area contributed by atoms with Crippen LogP contribution in [-0.4, -0.2) is 9.97 Å². The topological polar surface area (TPSA) is 25.8 Å². The summed E-state index contributed by atoms with van der Waals surface area (Å²) >= 11 is 0. The lowest BCUT2D eigenvalue weighted by Crippen LogP contribution is -2.09. The van der Waals surface area contributed by atoms with E-state index in [0.29, 0.717) is 11.1 Å². The highest BCUT2D eigenvalue weighted by molar-refractivity contribution is 5.98. The van der Waals surface area contributed by atoms with Gasteiger partial charge in [-0.1, -0.05) is 12.1 Å². The predicted molar refractivity (Wildman–Crippen MR) is 98.3 cm³/mol. The zero-order valence-corrected chi connectivity index (χ0v) is 16.5. The molecule has 1 aromatic carbocycles. The molecule has 0 amide bonds. The van der Waals surface area contributed by atoms with Gasteiger partial charge in [-0.3, -0.25) is 0 Å². The third-order valence-corrected chi connectivity index (χ3v) is 5.52. The number of allylic oxidation sites excluding steroid dienone is 2. The van der Waals surface area contributed by atoms with Crippen molar-refractivity contribution >= 4 is 11.1 Å². The van der Waals surface area contributed by atoms with Gasteiger partial charge in [0.15, 0.2) is 23.3 Å². The summed E-state index contributed by atoms with van der Waals surface area (Å²) in [6.45, 7) is 3.44. The quantitative estimate of drug-likeness (QED) is 0.362. The number of pyridine rings is 2. The highest BCUT2D eigenvalue weighted by Gasteiger charge is 2.32. The number of aryl methyl sites for hydroxylation is 2. The van der Waals surface area contributed by atoms with Crippen LogP contribution in [0.5, 0.6) is 0 Å². The second kappa shape index (κ2) is 7.68. The number of rotatable bonds is 3. The van der Waals surface area contributed by atoms with Gasteiger partial charge in [0.1, 0.15) is 0 Å². The van der Waals surface area contributed by atoms with Gasteiger partial charge in [0.05, 0.1) is 5.56 Å². The summed E-state index contributed by atoms with van der Waals surface area (Å²) < 4.78 is 112. The Labute approximate surface area is 176 Å². The van der Waals surface area contributed by atoms with Crippen molar-refractivity contribution in [2.24, 2.45) is 0 Å². The first-order valence-corrected chi connectivity index (χ1v) is 9.23. The average molecular weight is 456 g/mol. The molecule has 2 heterocycles. The van der Waals surface area contributed by atoms with Crippen molar-refractivity contribution in [1.29, 1.82) is 0 Å². The third-order valence-electron chi connectivity index (χ3n) is 5.52. The monoisotopic (exact) mass is 456 g/mol. The van der Waals surface area contributed by atoms with E-state index in [4.69, 9.17) is 0 Å². The van der Waals surface area contributed by atoms with E-state index in [0.717, 1.165) is 5.56 Å². The lowest BCUT2D eigenvalue weighted by Gasteiger charge is -2.13. The molecule has 0 atom stereocenters. The number of benzene rings is 1. The summed E-state index contributed by atoms with van der Waals surface area (Å²) in [4.78, 5) is 4.99. The molecular weight excluding hydrogens is 444 g/mol. The van der Waals surface area contributed by atoms with Crippen LogP contribution in [0.3, 0.4) is 0 Å². The van der Waals surface area contributed by atoms with Crippen LogP contribution in [0.25, 0.3) is 11.1 Å². The van der Waals surface area contributed by atoms with Crippen molar-refractivity contribution in [1.82, 2.24) is 9.97 Å². The van der Waals surface area contributed by atoms with E-state index in [1.807, 2.05) is 0 Å². The van der Waals surface area contributed by atoms with Gasteiger partial charge in [-0.2, -0.15) is 27.5 Å². The fourth-order valence-electron chi connectivity index (χ4n) is 3.82. The molecule has 0 radical (unpaired) electrons. The Morgan fingerprint density at radius 3 is 1.69 bits per heavy atom. The molecular formula is C22H12F8N2. The molecule has 0 spiro atoms. The van der Waals surface area contributed by atoms with Crippen molar-refractivity contribution in [3.63, 3.8) is 0 Å². The summed E-state index contributed by atoms with van der Waals surface area (Å²) in [6.07, 6.45) is -1.11. The molecule has 0 bridgehead atoms. The maximum atomic E-state index is 14.5. The molecule has 0 unspecified atom stereocenters. The molecule has 0 saturated heterocycles. The summed E-state index contributed by atoms with van der Waals surface area (Å²) in [6, 6.07) is 3.20. The first kappa shape index (κ1) is 21.9. The minimum atomic E-state index is -1.91. The Bertz CT molecular complexity index is 1280. The van der Waals surface area contributed by atoms with Crippen molar-refractivity contribution in [2.75, 3.05) is 0 Å². The van der Waals surface area contributed by atoms with Gasteiger partial charge >= 0.3 is 0 Å². The smallest absolute Gasteiger partial charge is 0.202 e. The molecule has 2 aromatic heterocycles. The zero-order chi connectivity index (χ0) is 23.5. The second-order valence-corrected chi connectivity index (χ2v) is 7.40. The maximum absolute atomic E-state index is 14.5. The van der Waals surface area contributed by atoms with Crippen molar-refractivity contribution in [3.05, 3.63) is 92.6 Å². The van der Waals surface area contributed by atoms with E-state index in [-0.39, 0.29) is 23.1 Å².